The van der Waals surface area contributed by atoms with Gasteiger partial charge in [0.1, 0.15) is 28.2 Å². The number of H-pyrrole nitrogens is 1. The van der Waals surface area contributed by atoms with E-state index in [2.05, 4.69) is 4.98 Å². The molecule has 1 heterocycles. The van der Waals surface area contributed by atoms with Crippen LogP contribution in [0.5, 0.6) is 0 Å². The first-order valence-electron chi connectivity index (χ1n) is 7.44. The molecule has 6 heteroatoms. The maximum atomic E-state index is 9.81. The Morgan fingerprint density at radius 3 is 2.25 bits per heavy atom. The zero-order valence-electron chi connectivity index (χ0n) is 13.6. The molecule has 2 aromatic rings. The lowest BCUT2D eigenvalue weighted by Crippen LogP contribution is -2.19. The molecule has 0 radical (unpaired) electrons. The molecule has 0 saturated carbocycles. The number of hydrogen-bond donors (Lipinski definition) is 3. The van der Waals surface area contributed by atoms with Gasteiger partial charge in [-0.15, -0.1) is 0 Å². The summed E-state index contributed by atoms with van der Waals surface area (Å²) in [6.45, 7) is 3.54. The summed E-state index contributed by atoms with van der Waals surface area (Å²) in [4.78, 5) is 2.69. The van der Waals surface area contributed by atoms with Gasteiger partial charge >= 0.3 is 0 Å². The molecule has 122 valence electrons. The van der Waals surface area contributed by atoms with Crippen LogP contribution >= 0.6 is 12.2 Å². The lowest BCUT2D eigenvalue weighted by Gasteiger charge is -2.16. The van der Waals surface area contributed by atoms with E-state index in [1.807, 2.05) is 36.4 Å². The lowest BCUT2D eigenvalue weighted by molar-refractivity contribution is 0.0714. The number of anilines is 1. The van der Waals surface area contributed by atoms with Gasteiger partial charge in [-0.05, 0) is 37.8 Å². The van der Waals surface area contributed by atoms with Crippen molar-refractivity contribution in [2.45, 2.75) is 32.3 Å². The summed E-state index contributed by atoms with van der Waals surface area (Å²) >= 11 is 5.15. The Kier molecular flexibility index (Phi) is 5.04. The molecule has 0 fully saturated rings. The summed E-state index contributed by atoms with van der Waals surface area (Å²) in [6.07, 6.45) is 1.37. The molecule has 1 aromatic carbocycles. The van der Waals surface area contributed by atoms with E-state index in [1.165, 1.54) is 0 Å². The smallest absolute Gasteiger partial charge is 0.123 e. The molecule has 0 aliphatic heterocycles. The van der Waals surface area contributed by atoms with E-state index >= 15 is 0 Å². The summed E-state index contributed by atoms with van der Waals surface area (Å²) in [6, 6.07) is 11.6. The number of hydrogen-bond acceptors (Lipinski definition) is 5. The number of aromatic amines is 1. The quantitative estimate of drug-likeness (QED) is 0.740. The van der Waals surface area contributed by atoms with Gasteiger partial charge in [-0.1, -0.05) is 36.5 Å². The second-order valence-corrected chi connectivity index (χ2v) is 6.63. The molecule has 0 aliphatic carbocycles. The van der Waals surface area contributed by atoms with Gasteiger partial charge < -0.3 is 15.8 Å². The fourth-order valence-corrected chi connectivity index (χ4v) is 2.68. The highest BCUT2D eigenvalue weighted by Gasteiger charge is 2.17. The van der Waals surface area contributed by atoms with E-state index in [0.29, 0.717) is 17.5 Å². The highest BCUT2D eigenvalue weighted by molar-refractivity contribution is 7.71. The number of aromatic nitrogens is 1. The first-order chi connectivity index (χ1) is 11.3. The predicted octanol–water partition coefficient (Wildman–Crippen LogP) is 3.44. The number of nitrogens with two attached hydrogens (primary N) is 1. The summed E-state index contributed by atoms with van der Waals surface area (Å²) in [7, 11) is 0. The maximum absolute atomic E-state index is 9.81. The minimum Gasteiger partial charge on any atom is -0.390 e. The zero-order valence-corrected chi connectivity index (χ0v) is 14.4. The summed E-state index contributed by atoms with van der Waals surface area (Å²) in [5.74, 6) is 0.155. The number of aryl methyl sites for hydroxylation is 1. The van der Waals surface area contributed by atoms with Crippen molar-refractivity contribution < 1.29 is 5.11 Å². The van der Waals surface area contributed by atoms with Crippen molar-refractivity contribution in [3.05, 3.63) is 45.6 Å². The van der Waals surface area contributed by atoms with Crippen LogP contribution < -0.4 is 5.73 Å². The Morgan fingerprint density at radius 1 is 1.17 bits per heavy atom. The SMILES string of the molecule is CC(C)(O)CCc1ccc(-c2c(C#N)c(N)[nH]c(=S)c2C#N)cc1. The number of rotatable bonds is 4. The standard InChI is InChI=1S/C18H18N4OS/c1-18(2,23)8-7-11-3-5-12(6-4-11)15-13(9-19)16(21)22-17(24)14(15)10-20/h3-6,23H,7-8H2,1-2H3,(H3,21,22,24). The van der Waals surface area contributed by atoms with Crippen LogP contribution in [0.25, 0.3) is 11.1 Å². The van der Waals surface area contributed by atoms with Crippen molar-refractivity contribution in [3.8, 4) is 23.3 Å². The lowest BCUT2D eigenvalue weighted by atomic mass is 9.94. The Hall–Kier alpha value is -2.67. The molecule has 0 bridgehead atoms. The molecular formula is C18H18N4OS. The number of nitrogen functional groups attached to an aromatic ring is 1. The Bertz CT molecular complexity index is 893. The third kappa shape index (κ3) is 3.80. The topological polar surface area (TPSA) is 110 Å². The minimum absolute atomic E-state index is 0.155. The van der Waals surface area contributed by atoms with Crippen LogP contribution in [0.3, 0.4) is 0 Å². The van der Waals surface area contributed by atoms with Gasteiger partial charge in [-0.2, -0.15) is 10.5 Å². The van der Waals surface area contributed by atoms with Crippen molar-refractivity contribution in [1.82, 2.24) is 4.98 Å². The Morgan fingerprint density at radius 2 is 1.75 bits per heavy atom. The summed E-state index contributed by atoms with van der Waals surface area (Å²) < 4.78 is 0.218. The first-order valence-corrected chi connectivity index (χ1v) is 7.85. The maximum Gasteiger partial charge on any atom is 0.123 e. The molecule has 0 atom stereocenters. The number of pyridine rings is 1. The third-order valence-corrected chi connectivity index (χ3v) is 4.04. The highest BCUT2D eigenvalue weighted by Crippen LogP contribution is 2.31. The van der Waals surface area contributed by atoms with Crippen LogP contribution in [0.1, 0.15) is 37.0 Å². The third-order valence-electron chi connectivity index (χ3n) is 3.74. The van der Waals surface area contributed by atoms with Gasteiger partial charge in [0.25, 0.3) is 0 Å². The largest absolute Gasteiger partial charge is 0.390 e. The fourth-order valence-electron chi connectivity index (χ4n) is 2.42. The van der Waals surface area contributed by atoms with Gasteiger partial charge in [0, 0.05) is 5.56 Å². The van der Waals surface area contributed by atoms with Gasteiger partial charge in [-0.3, -0.25) is 0 Å². The fraction of sp³-hybridized carbons (Fsp3) is 0.278. The van der Waals surface area contributed by atoms with Gasteiger partial charge in [0.2, 0.25) is 0 Å². The Balaban J connectivity index is 2.48. The number of nitriles is 2. The number of nitrogens with one attached hydrogen (secondary N) is 1. The second kappa shape index (κ2) is 6.84. The van der Waals surface area contributed by atoms with Crippen LogP contribution in [-0.4, -0.2) is 15.7 Å². The van der Waals surface area contributed by atoms with Crippen molar-refractivity contribution in [3.63, 3.8) is 0 Å². The van der Waals surface area contributed by atoms with E-state index < -0.39 is 5.60 Å². The minimum atomic E-state index is -0.721. The number of benzene rings is 1. The monoisotopic (exact) mass is 338 g/mol. The van der Waals surface area contributed by atoms with E-state index in [-0.39, 0.29) is 21.6 Å². The average Bonchev–Trinajstić information content (AvgIpc) is 2.52. The van der Waals surface area contributed by atoms with E-state index in [9.17, 15) is 15.6 Å². The van der Waals surface area contributed by atoms with Crippen LogP contribution in [0.4, 0.5) is 5.82 Å². The van der Waals surface area contributed by atoms with Crippen molar-refractivity contribution in [2.24, 2.45) is 0 Å². The van der Waals surface area contributed by atoms with E-state index in [1.54, 1.807) is 13.8 Å². The molecule has 0 unspecified atom stereocenters. The van der Waals surface area contributed by atoms with Crippen LogP contribution in [0.15, 0.2) is 24.3 Å². The summed E-state index contributed by atoms with van der Waals surface area (Å²) in [5, 5.41) is 28.6. The Labute approximate surface area is 146 Å². The normalized spacial score (nSPS) is 10.9. The molecule has 0 aliphatic rings. The molecule has 5 nitrogen and oxygen atoms in total. The van der Waals surface area contributed by atoms with Crippen LogP contribution in [-0.2, 0) is 6.42 Å². The predicted molar refractivity (Wildman–Crippen MR) is 95.5 cm³/mol. The number of nitrogens with zero attached hydrogens (tertiary/aromatic N) is 2. The molecule has 2 rings (SSSR count). The van der Waals surface area contributed by atoms with Gasteiger partial charge in [-0.25, -0.2) is 0 Å². The van der Waals surface area contributed by atoms with E-state index in [4.69, 9.17) is 18.0 Å². The van der Waals surface area contributed by atoms with Gasteiger partial charge in [0.15, 0.2) is 0 Å². The van der Waals surface area contributed by atoms with Gasteiger partial charge in [0.05, 0.1) is 11.2 Å². The van der Waals surface area contributed by atoms with Crippen molar-refractivity contribution >= 4 is 18.0 Å². The molecular weight excluding hydrogens is 320 g/mol. The molecule has 1 aromatic heterocycles. The van der Waals surface area contributed by atoms with Crippen LogP contribution in [0, 0.1) is 27.3 Å². The molecule has 0 saturated heterocycles. The molecule has 24 heavy (non-hydrogen) atoms. The number of aliphatic hydroxyl groups is 1. The molecule has 0 amide bonds. The average molecular weight is 338 g/mol. The molecule has 0 spiro atoms. The highest BCUT2D eigenvalue weighted by atomic mass is 32.1. The van der Waals surface area contributed by atoms with Crippen molar-refractivity contribution in [2.75, 3.05) is 5.73 Å². The second-order valence-electron chi connectivity index (χ2n) is 6.23. The molecule has 4 N–H and O–H groups in total. The first kappa shape index (κ1) is 17.7. The zero-order chi connectivity index (χ0) is 17.9. The summed E-state index contributed by atoms with van der Waals surface area (Å²) in [5.41, 5.74) is 7.79. The van der Waals surface area contributed by atoms with Crippen molar-refractivity contribution in [1.29, 1.82) is 10.5 Å². The van der Waals surface area contributed by atoms with Crippen LogP contribution in [0.2, 0.25) is 0 Å². The van der Waals surface area contributed by atoms with E-state index in [0.717, 1.165) is 12.0 Å².